The average Bonchev–Trinajstić information content (AvgIpc) is 3.33. The number of benzene rings is 1. The molecule has 3 rings (SSSR count). The molecule has 0 aromatic heterocycles. The molecule has 1 heterocycles. The van der Waals surface area contributed by atoms with Gasteiger partial charge in [-0.1, -0.05) is 12.1 Å². The molecule has 0 bridgehead atoms. The Morgan fingerprint density at radius 1 is 1.21 bits per heavy atom. The van der Waals surface area contributed by atoms with Crippen molar-refractivity contribution < 1.29 is 18.0 Å². The number of carbonyl (C=O) groups excluding carboxylic acids is 1. The zero-order valence-electron chi connectivity index (χ0n) is 13.2. The monoisotopic (exact) mass is 452 g/mol. The van der Waals surface area contributed by atoms with Crippen molar-refractivity contribution in [2.75, 3.05) is 19.6 Å². The van der Waals surface area contributed by atoms with Gasteiger partial charge in [-0.3, -0.25) is 4.79 Å². The molecule has 0 spiro atoms. The maximum atomic E-state index is 13.0. The van der Waals surface area contributed by atoms with E-state index in [0.29, 0.717) is 6.42 Å². The molecule has 1 aliphatic heterocycles. The van der Waals surface area contributed by atoms with Gasteiger partial charge in [0.2, 0.25) is 0 Å². The fourth-order valence-electron chi connectivity index (χ4n) is 3.47. The summed E-state index contributed by atoms with van der Waals surface area (Å²) in [5.41, 5.74) is 1.02. The number of nitrogens with zero attached hydrogens (tertiary/aromatic N) is 1. The van der Waals surface area contributed by atoms with E-state index >= 15 is 0 Å². The highest BCUT2D eigenvalue weighted by atomic mass is 127. The Morgan fingerprint density at radius 3 is 2.42 bits per heavy atom. The lowest BCUT2D eigenvalue weighted by molar-refractivity contribution is -0.186. The summed E-state index contributed by atoms with van der Waals surface area (Å²) in [7, 11) is 0. The highest BCUT2D eigenvalue weighted by molar-refractivity contribution is 14.1. The first-order valence-electron chi connectivity index (χ1n) is 8.20. The number of amides is 1. The minimum Gasteiger partial charge on any atom is -0.331 e. The molecule has 1 N–H and O–H groups in total. The standard InChI is InChI=1S/C17H20F3IN2O/c18-17(19,20)16(24)23(10-11-5-7-22-8-6-11)15-9-14(15)12-1-3-13(21)4-2-12/h1-4,11,14-15,22H,5-10H2/t14-,15+/m1/s1. The number of rotatable bonds is 4. The van der Waals surface area contributed by atoms with Crippen molar-refractivity contribution in [2.24, 2.45) is 5.92 Å². The van der Waals surface area contributed by atoms with E-state index < -0.39 is 12.1 Å². The second-order valence-electron chi connectivity index (χ2n) is 6.61. The van der Waals surface area contributed by atoms with Crippen LogP contribution < -0.4 is 5.32 Å². The smallest absolute Gasteiger partial charge is 0.331 e. The lowest BCUT2D eigenvalue weighted by atomic mass is 9.97. The predicted molar refractivity (Wildman–Crippen MR) is 93.7 cm³/mol. The molecule has 2 aliphatic rings. The average molecular weight is 452 g/mol. The summed E-state index contributed by atoms with van der Waals surface area (Å²) in [5, 5.41) is 3.21. The summed E-state index contributed by atoms with van der Waals surface area (Å²) in [6, 6.07) is 7.48. The van der Waals surface area contributed by atoms with Crippen molar-refractivity contribution >= 4 is 28.5 Å². The number of carbonyl (C=O) groups is 1. The van der Waals surface area contributed by atoms with E-state index in [1.54, 1.807) is 0 Å². The number of nitrogens with one attached hydrogen (secondary N) is 1. The molecule has 1 saturated carbocycles. The zero-order chi connectivity index (χ0) is 17.3. The Labute approximate surface area is 153 Å². The van der Waals surface area contributed by atoms with Crippen molar-refractivity contribution in [2.45, 2.75) is 37.4 Å². The number of halogens is 4. The van der Waals surface area contributed by atoms with Crippen molar-refractivity contribution in [3.05, 3.63) is 33.4 Å². The van der Waals surface area contributed by atoms with E-state index in [0.717, 1.165) is 40.0 Å². The summed E-state index contributed by atoms with van der Waals surface area (Å²) in [6.07, 6.45) is -2.54. The van der Waals surface area contributed by atoms with Gasteiger partial charge >= 0.3 is 12.1 Å². The maximum Gasteiger partial charge on any atom is 0.471 e. The second kappa shape index (κ2) is 7.19. The van der Waals surface area contributed by atoms with Gasteiger partial charge in [0.1, 0.15) is 0 Å². The van der Waals surface area contributed by atoms with Gasteiger partial charge in [-0.15, -0.1) is 0 Å². The van der Waals surface area contributed by atoms with Gasteiger partial charge in [0.05, 0.1) is 0 Å². The van der Waals surface area contributed by atoms with Crippen LogP contribution in [0.25, 0.3) is 0 Å². The van der Waals surface area contributed by atoms with E-state index in [1.807, 2.05) is 24.3 Å². The molecule has 3 nitrogen and oxygen atoms in total. The van der Waals surface area contributed by atoms with Gasteiger partial charge in [0.25, 0.3) is 0 Å². The molecule has 0 unspecified atom stereocenters. The fraction of sp³-hybridized carbons (Fsp3) is 0.588. The van der Waals surface area contributed by atoms with Gasteiger partial charge in [-0.2, -0.15) is 13.2 Å². The van der Waals surface area contributed by atoms with Crippen LogP contribution in [-0.2, 0) is 4.79 Å². The van der Waals surface area contributed by atoms with Crippen LogP contribution in [-0.4, -0.2) is 42.7 Å². The van der Waals surface area contributed by atoms with E-state index in [1.165, 1.54) is 0 Å². The first-order chi connectivity index (χ1) is 11.4. The van der Waals surface area contributed by atoms with Gasteiger partial charge < -0.3 is 10.2 Å². The quantitative estimate of drug-likeness (QED) is 0.710. The van der Waals surface area contributed by atoms with Crippen molar-refractivity contribution in [1.29, 1.82) is 0 Å². The molecule has 1 aliphatic carbocycles. The Bertz CT molecular complexity index is 584. The van der Waals surface area contributed by atoms with E-state index in [-0.39, 0.29) is 24.4 Å². The van der Waals surface area contributed by atoms with Crippen molar-refractivity contribution in [3.63, 3.8) is 0 Å². The van der Waals surface area contributed by atoms with E-state index in [4.69, 9.17) is 0 Å². The minimum absolute atomic E-state index is 0.0232. The summed E-state index contributed by atoms with van der Waals surface area (Å²) in [5.74, 6) is -1.51. The summed E-state index contributed by atoms with van der Waals surface area (Å²) >= 11 is 2.20. The molecule has 1 aromatic rings. The second-order valence-corrected chi connectivity index (χ2v) is 7.86. The Kier molecular flexibility index (Phi) is 5.39. The van der Waals surface area contributed by atoms with E-state index in [9.17, 15) is 18.0 Å². The zero-order valence-corrected chi connectivity index (χ0v) is 15.3. The summed E-state index contributed by atoms with van der Waals surface area (Å²) in [4.78, 5) is 13.0. The first-order valence-corrected chi connectivity index (χ1v) is 9.28. The molecule has 2 fully saturated rings. The van der Waals surface area contributed by atoms with Crippen LogP contribution in [0.4, 0.5) is 13.2 Å². The number of alkyl halides is 3. The predicted octanol–water partition coefficient (Wildman–Crippen LogP) is 3.54. The molecule has 1 saturated heterocycles. The Morgan fingerprint density at radius 2 is 1.83 bits per heavy atom. The van der Waals surface area contributed by atoms with Crippen LogP contribution in [0.3, 0.4) is 0 Å². The fourth-order valence-corrected chi connectivity index (χ4v) is 3.83. The van der Waals surface area contributed by atoms with Crippen molar-refractivity contribution in [3.8, 4) is 0 Å². The van der Waals surface area contributed by atoms with Crippen LogP contribution in [0.2, 0.25) is 0 Å². The van der Waals surface area contributed by atoms with E-state index in [2.05, 4.69) is 27.9 Å². The lowest BCUT2D eigenvalue weighted by Crippen LogP contribution is -2.46. The maximum absolute atomic E-state index is 13.0. The van der Waals surface area contributed by atoms with Gasteiger partial charge in [0.15, 0.2) is 0 Å². The molecule has 24 heavy (non-hydrogen) atoms. The summed E-state index contributed by atoms with van der Waals surface area (Å²) in [6.45, 7) is 1.83. The highest BCUT2D eigenvalue weighted by Gasteiger charge is 2.52. The summed E-state index contributed by atoms with van der Waals surface area (Å²) < 4.78 is 40.1. The Balaban J connectivity index is 1.72. The first kappa shape index (κ1) is 18.0. The van der Waals surface area contributed by atoms with Crippen molar-refractivity contribution in [1.82, 2.24) is 10.2 Å². The molecular weight excluding hydrogens is 432 g/mol. The molecule has 132 valence electrons. The minimum atomic E-state index is -4.80. The highest BCUT2D eigenvalue weighted by Crippen LogP contribution is 2.46. The molecule has 1 amide bonds. The van der Waals surface area contributed by atoms with Crippen LogP contribution in [0.1, 0.15) is 30.7 Å². The Hall–Kier alpha value is -0.830. The molecule has 2 atom stereocenters. The number of piperidine rings is 1. The molecule has 1 aromatic carbocycles. The third kappa shape index (κ3) is 4.22. The number of hydrogen-bond donors (Lipinski definition) is 1. The lowest BCUT2D eigenvalue weighted by Gasteiger charge is -2.31. The third-order valence-electron chi connectivity index (χ3n) is 4.87. The normalized spacial score (nSPS) is 24.7. The largest absolute Gasteiger partial charge is 0.471 e. The molecular formula is C17H20F3IN2O. The van der Waals surface area contributed by atoms with Crippen LogP contribution in [0.5, 0.6) is 0 Å². The third-order valence-corrected chi connectivity index (χ3v) is 5.59. The SMILES string of the molecule is O=C(N(CC1CCNCC1)[C@H]1C[C@@H]1c1ccc(I)cc1)C(F)(F)F. The molecule has 7 heteroatoms. The molecule has 0 radical (unpaired) electrons. The van der Waals surface area contributed by atoms with Crippen LogP contribution >= 0.6 is 22.6 Å². The number of hydrogen-bond acceptors (Lipinski definition) is 2. The van der Waals surface area contributed by atoms with Gasteiger partial charge in [-0.25, -0.2) is 0 Å². The van der Waals surface area contributed by atoms with Gasteiger partial charge in [0, 0.05) is 22.1 Å². The van der Waals surface area contributed by atoms with Gasteiger partial charge in [-0.05, 0) is 78.6 Å². The topological polar surface area (TPSA) is 32.3 Å². The van der Waals surface area contributed by atoms with Crippen LogP contribution in [0.15, 0.2) is 24.3 Å². The van der Waals surface area contributed by atoms with Crippen LogP contribution in [0, 0.1) is 9.49 Å².